The molecular formula is C29H29ClN6O5. The number of nitrogens with zero attached hydrogens (tertiary/aromatic N) is 3. The van der Waals surface area contributed by atoms with Crippen molar-refractivity contribution >= 4 is 41.0 Å². The van der Waals surface area contributed by atoms with Crippen molar-refractivity contribution in [3.8, 4) is 17.2 Å². The van der Waals surface area contributed by atoms with Crippen LogP contribution in [0.2, 0.25) is 5.02 Å². The molecule has 0 fully saturated rings. The molecule has 41 heavy (non-hydrogen) atoms. The molecular weight excluding hydrogens is 548 g/mol. The summed E-state index contributed by atoms with van der Waals surface area (Å²) in [5, 5.41) is 10.4. The highest BCUT2D eigenvalue weighted by atomic mass is 35.5. The first-order chi connectivity index (χ1) is 19.4. The molecule has 0 spiro atoms. The van der Waals surface area contributed by atoms with Gasteiger partial charge in [-0.3, -0.25) is 15.1 Å². The zero-order valence-electron chi connectivity index (χ0n) is 22.9. The number of rotatable bonds is 8. The summed E-state index contributed by atoms with van der Waals surface area (Å²) in [6.07, 6.45) is 1.40. The number of halogens is 1. The molecule has 0 aliphatic carbocycles. The Morgan fingerprint density at radius 2 is 1.76 bits per heavy atom. The van der Waals surface area contributed by atoms with E-state index >= 15 is 0 Å². The van der Waals surface area contributed by atoms with Crippen LogP contribution in [0.25, 0.3) is 5.69 Å². The predicted octanol–water partition coefficient (Wildman–Crippen LogP) is 5.93. The van der Waals surface area contributed by atoms with E-state index in [9.17, 15) is 14.4 Å². The lowest BCUT2D eigenvalue weighted by atomic mass is 9.92. The first kappa shape index (κ1) is 29.1. The molecule has 2 aromatic heterocycles. The maximum atomic E-state index is 13.0. The average molecular weight is 577 g/mol. The summed E-state index contributed by atoms with van der Waals surface area (Å²) < 4.78 is 12.4. The topological polar surface area (TPSA) is 150 Å². The number of carbonyl (C=O) groups excluding carboxylic acids is 3. The maximum absolute atomic E-state index is 13.0. The number of nitrogens with one attached hydrogen (secondary N) is 2. The molecule has 12 heteroatoms. The maximum Gasteiger partial charge on any atom is 0.338 e. The summed E-state index contributed by atoms with van der Waals surface area (Å²) in [5.41, 5.74) is 6.99. The molecule has 0 atom stereocenters. The number of benzene rings is 2. The SMILES string of the molecule is CCOC(=O)c1cccc(-n2nc(C(C)(C)C)cc2NC(=O)Nc2ccc(Oc3ccnc(C(N)=O)c3)cc2Cl)c1. The van der Waals surface area contributed by atoms with Crippen LogP contribution in [-0.4, -0.2) is 39.3 Å². The molecule has 212 valence electrons. The molecule has 0 radical (unpaired) electrons. The molecule has 0 saturated carbocycles. The number of hydrogen-bond donors (Lipinski definition) is 3. The van der Waals surface area contributed by atoms with Gasteiger partial charge in [0.25, 0.3) is 5.91 Å². The van der Waals surface area contributed by atoms with Gasteiger partial charge >= 0.3 is 12.0 Å². The fraction of sp³-hybridized carbons (Fsp3) is 0.207. The smallest absolute Gasteiger partial charge is 0.338 e. The third-order valence-electron chi connectivity index (χ3n) is 5.73. The van der Waals surface area contributed by atoms with Crippen LogP contribution in [0, 0.1) is 0 Å². The summed E-state index contributed by atoms with van der Waals surface area (Å²) in [4.78, 5) is 40.6. The number of esters is 1. The Morgan fingerprint density at radius 1 is 1.00 bits per heavy atom. The molecule has 4 rings (SSSR count). The van der Waals surface area contributed by atoms with Gasteiger partial charge in [0.1, 0.15) is 23.0 Å². The summed E-state index contributed by atoms with van der Waals surface area (Å²) >= 11 is 6.42. The van der Waals surface area contributed by atoms with Crippen LogP contribution in [0.3, 0.4) is 0 Å². The van der Waals surface area contributed by atoms with Crippen LogP contribution in [0.4, 0.5) is 16.3 Å². The Labute approximate surface area is 241 Å². The number of urea groups is 1. The van der Waals surface area contributed by atoms with E-state index in [1.165, 1.54) is 18.3 Å². The van der Waals surface area contributed by atoms with Gasteiger partial charge in [-0.1, -0.05) is 38.4 Å². The Kier molecular flexibility index (Phi) is 8.58. The van der Waals surface area contributed by atoms with E-state index in [1.807, 2.05) is 20.8 Å². The van der Waals surface area contributed by atoms with Crippen molar-refractivity contribution < 1.29 is 23.9 Å². The second-order valence-corrected chi connectivity index (χ2v) is 10.3. The lowest BCUT2D eigenvalue weighted by Gasteiger charge is -2.14. The monoisotopic (exact) mass is 576 g/mol. The van der Waals surface area contributed by atoms with Crippen LogP contribution in [-0.2, 0) is 10.2 Å². The van der Waals surface area contributed by atoms with Gasteiger partial charge in [-0.15, -0.1) is 0 Å². The van der Waals surface area contributed by atoms with E-state index in [0.29, 0.717) is 34.3 Å². The Hall–Kier alpha value is -4.90. The normalized spacial score (nSPS) is 11.0. The summed E-state index contributed by atoms with van der Waals surface area (Å²) in [7, 11) is 0. The molecule has 0 bridgehead atoms. The fourth-order valence-electron chi connectivity index (χ4n) is 3.69. The highest BCUT2D eigenvalue weighted by molar-refractivity contribution is 6.34. The number of pyridine rings is 1. The van der Waals surface area contributed by atoms with E-state index in [-0.39, 0.29) is 22.7 Å². The minimum Gasteiger partial charge on any atom is -0.462 e. The highest BCUT2D eigenvalue weighted by Gasteiger charge is 2.22. The Bertz CT molecular complexity index is 1610. The lowest BCUT2D eigenvalue weighted by molar-refractivity contribution is 0.0526. The van der Waals surface area contributed by atoms with E-state index in [4.69, 9.17) is 31.9 Å². The van der Waals surface area contributed by atoms with Crippen molar-refractivity contribution in [2.45, 2.75) is 33.1 Å². The van der Waals surface area contributed by atoms with Gasteiger partial charge in [-0.2, -0.15) is 5.10 Å². The third-order valence-corrected chi connectivity index (χ3v) is 6.04. The third kappa shape index (κ3) is 7.20. The van der Waals surface area contributed by atoms with Crippen LogP contribution in [0.1, 0.15) is 54.2 Å². The summed E-state index contributed by atoms with van der Waals surface area (Å²) in [5.74, 6) is -0.0338. The van der Waals surface area contributed by atoms with Gasteiger partial charge in [-0.05, 0) is 43.3 Å². The quantitative estimate of drug-likeness (QED) is 0.220. The molecule has 4 aromatic rings. The Balaban J connectivity index is 1.54. The lowest BCUT2D eigenvalue weighted by Crippen LogP contribution is -2.21. The van der Waals surface area contributed by atoms with Gasteiger partial charge in [0.2, 0.25) is 0 Å². The number of ether oxygens (including phenoxy) is 2. The Morgan fingerprint density at radius 3 is 2.44 bits per heavy atom. The van der Waals surface area contributed by atoms with Crippen LogP contribution >= 0.6 is 11.6 Å². The summed E-state index contributed by atoms with van der Waals surface area (Å²) in [6, 6.07) is 15.7. The van der Waals surface area contributed by atoms with Crippen LogP contribution < -0.4 is 21.1 Å². The zero-order chi connectivity index (χ0) is 29.7. The summed E-state index contributed by atoms with van der Waals surface area (Å²) in [6.45, 7) is 8.00. The molecule has 0 aliphatic heterocycles. The second kappa shape index (κ2) is 12.1. The minimum absolute atomic E-state index is 0.0602. The van der Waals surface area contributed by atoms with Crippen LogP contribution in [0.5, 0.6) is 11.5 Å². The number of hydrogen-bond acceptors (Lipinski definition) is 7. The number of anilines is 2. The van der Waals surface area contributed by atoms with Gasteiger partial charge in [-0.25, -0.2) is 14.3 Å². The first-order valence-corrected chi connectivity index (χ1v) is 13.0. The van der Waals surface area contributed by atoms with Crippen molar-refractivity contribution in [1.29, 1.82) is 0 Å². The molecule has 0 aliphatic rings. The number of nitrogens with two attached hydrogens (primary N) is 1. The molecule has 0 saturated heterocycles. The first-order valence-electron chi connectivity index (χ1n) is 12.6. The van der Waals surface area contributed by atoms with Crippen molar-refractivity contribution in [3.63, 3.8) is 0 Å². The van der Waals surface area contributed by atoms with E-state index in [0.717, 1.165) is 5.69 Å². The molecule has 2 aromatic carbocycles. The predicted molar refractivity (Wildman–Crippen MR) is 155 cm³/mol. The number of aromatic nitrogens is 3. The van der Waals surface area contributed by atoms with Crippen molar-refractivity contribution in [2.75, 3.05) is 17.2 Å². The van der Waals surface area contributed by atoms with E-state index in [2.05, 4.69) is 15.6 Å². The van der Waals surface area contributed by atoms with Crippen molar-refractivity contribution in [3.05, 3.63) is 88.8 Å². The van der Waals surface area contributed by atoms with Crippen LogP contribution in [0.15, 0.2) is 66.9 Å². The molecule has 2 heterocycles. The van der Waals surface area contributed by atoms with E-state index < -0.39 is 17.9 Å². The molecule has 0 unspecified atom stereocenters. The van der Waals surface area contributed by atoms with Gasteiger partial charge < -0.3 is 20.5 Å². The number of primary amides is 1. The standard InChI is InChI=1S/C29H29ClN6O5/c1-5-40-27(38)17-7-6-8-18(13-17)36-25(16-24(35-36)29(2,3)4)34-28(39)33-22-10-9-19(14-21(22)30)41-20-11-12-32-23(15-20)26(31)37/h6-16H,5H2,1-4H3,(H2,31,37)(H2,33,34,39). The molecule has 4 N–H and O–H groups in total. The second-order valence-electron chi connectivity index (χ2n) is 9.91. The molecule has 11 nitrogen and oxygen atoms in total. The van der Waals surface area contributed by atoms with Gasteiger partial charge in [0, 0.05) is 29.8 Å². The van der Waals surface area contributed by atoms with E-state index in [1.54, 1.807) is 60.1 Å². The number of amides is 3. The highest BCUT2D eigenvalue weighted by Crippen LogP contribution is 2.31. The van der Waals surface area contributed by atoms with Gasteiger partial charge in [0.05, 0.1) is 34.3 Å². The fourth-order valence-corrected chi connectivity index (χ4v) is 3.91. The zero-order valence-corrected chi connectivity index (χ0v) is 23.7. The average Bonchev–Trinajstić information content (AvgIpc) is 3.35. The van der Waals surface area contributed by atoms with Crippen molar-refractivity contribution in [1.82, 2.24) is 14.8 Å². The number of carbonyl (C=O) groups is 3. The largest absolute Gasteiger partial charge is 0.462 e. The molecule has 3 amide bonds. The van der Waals surface area contributed by atoms with Gasteiger partial charge in [0.15, 0.2) is 0 Å². The van der Waals surface area contributed by atoms with Crippen molar-refractivity contribution in [2.24, 2.45) is 5.73 Å². The minimum atomic E-state index is -0.679.